The van der Waals surface area contributed by atoms with Crippen molar-refractivity contribution in [2.45, 2.75) is 57.0 Å². The van der Waals surface area contributed by atoms with Crippen LogP contribution >= 0.6 is 11.3 Å². The fourth-order valence-corrected chi connectivity index (χ4v) is 5.17. The van der Waals surface area contributed by atoms with E-state index in [0.29, 0.717) is 11.9 Å². The molecule has 0 aliphatic heterocycles. The Labute approximate surface area is 159 Å². The molecule has 0 spiro atoms. The fourth-order valence-electron chi connectivity index (χ4n) is 2.46. The van der Waals surface area contributed by atoms with Crippen molar-refractivity contribution in [2.75, 3.05) is 7.05 Å². The zero-order valence-corrected chi connectivity index (χ0v) is 17.6. The molecular formula is C18H26N2O4S2. The molecule has 1 heterocycles. The first-order chi connectivity index (χ1) is 11.9. The number of sulfonamides is 1. The monoisotopic (exact) mass is 398 g/mol. The number of carbonyl (C=O) groups is 1. The Balaban J connectivity index is 2.38. The summed E-state index contributed by atoms with van der Waals surface area (Å²) in [5.74, 6) is -0.418. The minimum absolute atomic E-state index is 0.0153. The molecule has 0 amide bonds. The van der Waals surface area contributed by atoms with Gasteiger partial charge in [0, 0.05) is 7.05 Å². The lowest BCUT2D eigenvalue weighted by molar-refractivity contribution is -0.159. The second kappa shape index (κ2) is 7.62. The Bertz CT molecular complexity index is 849. The van der Waals surface area contributed by atoms with Gasteiger partial charge >= 0.3 is 5.97 Å². The summed E-state index contributed by atoms with van der Waals surface area (Å²) in [6.45, 7) is 9.17. The number of aromatic nitrogens is 1. The van der Waals surface area contributed by atoms with Gasteiger partial charge in [-0.05, 0) is 45.2 Å². The van der Waals surface area contributed by atoms with E-state index in [-0.39, 0.29) is 10.3 Å². The maximum Gasteiger partial charge on any atom is 0.324 e. The van der Waals surface area contributed by atoms with Crippen LogP contribution in [0.15, 0.2) is 28.6 Å². The number of nitrogens with zero attached hydrogens (tertiary/aromatic N) is 2. The Kier molecular flexibility index (Phi) is 6.09. The topological polar surface area (TPSA) is 76.6 Å². The van der Waals surface area contributed by atoms with Crippen LogP contribution in [0.4, 0.5) is 0 Å². The number of esters is 1. The van der Waals surface area contributed by atoms with Crippen molar-refractivity contribution in [3.8, 4) is 0 Å². The van der Waals surface area contributed by atoms with E-state index < -0.39 is 27.6 Å². The molecule has 0 unspecified atom stereocenters. The second-order valence-electron chi connectivity index (χ2n) is 7.65. The number of ether oxygens (including phenoxy) is 1. The number of hydrogen-bond acceptors (Lipinski definition) is 6. The first-order valence-electron chi connectivity index (χ1n) is 8.48. The summed E-state index contributed by atoms with van der Waals surface area (Å²) in [5.41, 5.74) is -0.0607. The molecule has 0 saturated carbocycles. The summed E-state index contributed by atoms with van der Waals surface area (Å²) >= 11 is 1.10. The van der Waals surface area contributed by atoms with Crippen LogP contribution < -0.4 is 0 Å². The number of fused-ring (bicyclic) bond motifs is 1. The summed E-state index contributed by atoms with van der Waals surface area (Å²) < 4.78 is 33.4. The molecule has 0 radical (unpaired) electrons. The molecule has 144 valence electrons. The number of thiazole rings is 1. The largest absolute Gasteiger partial charge is 0.459 e. The maximum absolute atomic E-state index is 13.1. The van der Waals surface area contributed by atoms with Gasteiger partial charge in [0.05, 0.1) is 10.2 Å². The van der Waals surface area contributed by atoms with Crippen LogP contribution in [0.1, 0.15) is 41.0 Å². The van der Waals surface area contributed by atoms with E-state index in [1.165, 1.54) is 7.05 Å². The Hall–Kier alpha value is -1.51. The SMILES string of the molecule is CC(C)C[C@@H](C(=O)OC(C)(C)C)N(C)S(=O)(=O)c1nc2ccccc2s1. The van der Waals surface area contributed by atoms with Gasteiger partial charge in [0.25, 0.3) is 10.0 Å². The summed E-state index contributed by atoms with van der Waals surface area (Å²) in [4.78, 5) is 16.9. The molecule has 0 aliphatic rings. The van der Waals surface area contributed by atoms with Gasteiger partial charge in [-0.2, -0.15) is 4.31 Å². The van der Waals surface area contributed by atoms with Gasteiger partial charge in [-0.1, -0.05) is 26.0 Å². The van der Waals surface area contributed by atoms with Gasteiger partial charge in [-0.15, -0.1) is 11.3 Å². The number of benzene rings is 1. The molecule has 1 atom stereocenters. The van der Waals surface area contributed by atoms with E-state index in [4.69, 9.17) is 4.74 Å². The zero-order valence-electron chi connectivity index (χ0n) is 16.0. The molecule has 0 bridgehead atoms. The van der Waals surface area contributed by atoms with E-state index in [1.807, 2.05) is 32.0 Å². The Morgan fingerprint density at radius 1 is 1.27 bits per heavy atom. The number of para-hydroxylation sites is 1. The third-order valence-electron chi connectivity index (χ3n) is 3.69. The average molecular weight is 399 g/mol. The molecule has 0 aliphatic carbocycles. The van der Waals surface area contributed by atoms with Crippen molar-refractivity contribution >= 4 is 37.5 Å². The van der Waals surface area contributed by atoms with Crippen molar-refractivity contribution in [1.29, 1.82) is 0 Å². The van der Waals surface area contributed by atoms with Gasteiger partial charge < -0.3 is 4.74 Å². The summed E-state index contributed by atoms with van der Waals surface area (Å²) in [6, 6.07) is 6.34. The van der Waals surface area contributed by atoms with E-state index in [1.54, 1.807) is 26.8 Å². The van der Waals surface area contributed by atoms with E-state index >= 15 is 0 Å². The highest BCUT2D eigenvalue weighted by atomic mass is 32.2. The minimum atomic E-state index is -3.91. The van der Waals surface area contributed by atoms with Crippen LogP contribution in [0.2, 0.25) is 0 Å². The van der Waals surface area contributed by atoms with Crippen LogP contribution in [0, 0.1) is 5.92 Å². The third-order valence-corrected chi connectivity index (χ3v) is 6.94. The highest BCUT2D eigenvalue weighted by Gasteiger charge is 2.37. The van der Waals surface area contributed by atoms with Crippen LogP contribution in [0.25, 0.3) is 10.2 Å². The summed E-state index contributed by atoms with van der Waals surface area (Å²) in [6.07, 6.45) is 0.371. The van der Waals surface area contributed by atoms with Gasteiger partial charge in [0.1, 0.15) is 11.6 Å². The van der Waals surface area contributed by atoms with E-state index in [2.05, 4.69) is 4.98 Å². The van der Waals surface area contributed by atoms with Crippen molar-refractivity contribution < 1.29 is 17.9 Å². The maximum atomic E-state index is 13.1. The molecule has 0 saturated heterocycles. The van der Waals surface area contributed by atoms with Gasteiger partial charge in [-0.25, -0.2) is 13.4 Å². The highest BCUT2D eigenvalue weighted by molar-refractivity contribution is 7.91. The van der Waals surface area contributed by atoms with Gasteiger partial charge in [0.15, 0.2) is 0 Å². The van der Waals surface area contributed by atoms with Gasteiger partial charge in [0.2, 0.25) is 4.34 Å². The first kappa shape index (κ1) is 20.8. The molecule has 1 aromatic carbocycles. The Morgan fingerprint density at radius 3 is 2.42 bits per heavy atom. The van der Waals surface area contributed by atoms with Crippen molar-refractivity contribution in [1.82, 2.24) is 9.29 Å². The molecule has 0 fully saturated rings. The normalized spacial score (nSPS) is 14.2. The predicted octanol–water partition coefficient (Wildman–Crippen LogP) is 3.67. The highest BCUT2D eigenvalue weighted by Crippen LogP contribution is 2.29. The minimum Gasteiger partial charge on any atom is -0.459 e. The number of likely N-dealkylation sites (N-methyl/N-ethyl adjacent to an activating group) is 1. The van der Waals surface area contributed by atoms with Crippen molar-refractivity contribution in [3.63, 3.8) is 0 Å². The first-order valence-corrected chi connectivity index (χ1v) is 10.7. The van der Waals surface area contributed by atoms with Crippen LogP contribution in [-0.2, 0) is 19.6 Å². The quantitative estimate of drug-likeness (QED) is 0.694. The number of hydrogen-bond donors (Lipinski definition) is 0. The smallest absolute Gasteiger partial charge is 0.324 e. The molecule has 8 heteroatoms. The second-order valence-corrected chi connectivity index (χ2v) is 10.8. The molecular weight excluding hydrogens is 372 g/mol. The van der Waals surface area contributed by atoms with Crippen molar-refractivity contribution in [3.05, 3.63) is 24.3 Å². The van der Waals surface area contributed by atoms with Crippen LogP contribution in [0.3, 0.4) is 0 Å². The predicted molar refractivity (Wildman–Crippen MR) is 104 cm³/mol. The molecule has 2 rings (SSSR count). The number of rotatable bonds is 6. The molecule has 0 N–H and O–H groups in total. The number of carbonyl (C=O) groups excluding carboxylic acids is 1. The summed E-state index contributed by atoms with van der Waals surface area (Å²) in [5, 5.41) is 0. The van der Waals surface area contributed by atoms with Crippen LogP contribution in [-0.4, -0.2) is 42.4 Å². The summed E-state index contributed by atoms with van der Waals surface area (Å²) in [7, 11) is -2.49. The van der Waals surface area contributed by atoms with Crippen molar-refractivity contribution in [2.24, 2.45) is 5.92 Å². The molecule has 6 nitrogen and oxygen atoms in total. The van der Waals surface area contributed by atoms with E-state index in [9.17, 15) is 13.2 Å². The molecule has 1 aromatic heterocycles. The lowest BCUT2D eigenvalue weighted by atomic mass is 10.0. The fraction of sp³-hybridized carbons (Fsp3) is 0.556. The van der Waals surface area contributed by atoms with E-state index in [0.717, 1.165) is 20.3 Å². The lowest BCUT2D eigenvalue weighted by Gasteiger charge is -2.29. The van der Waals surface area contributed by atoms with Crippen LogP contribution in [0.5, 0.6) is 0 Å². The zero-order chi connectivity index (χ0) is 19.7. The third kappa shape index (κ3) is 4.81. The Morgan fingerprint density at radius 2 is 1.88 bits per heavy atom. The average Bonchev–Trinajstić information content (AvgIpc) is 2.94. The molecule has 26 heavy (non-hydrogen) atoms. The standard InChI is InChI=1S/C18H26N2O4S2/c1-12(2)11-14(16(21)24-18(3,4)5)20(6)26(22,23)17-19-13-9-7-8-10-15(13)25-17/h7-10,12,14H,11H2,1-6H3/t14-/m0/s1. The lowest BCUT2D eigenvalue weighted by Crippen LogP contribution is -2.45. The van der Waals surface area contributed by atoms with Gasteiger partial charge in [-0.3, -0.25) is 4.79 Å². The molecule has 2 aromatic rings.